The lowest BCUT2D eigenvalue weighted by atomic mass is 9.91. The van der Waals surface area contributed by atoms with Gasteiger partial charge in [0.05, 0.1) is 26.4 Å². The van der Waals surface area contributed by atoms with Crippen LogP contribution in [0.2, 0.25) is 0 Å². The van der Waals surface area contributed by atoms with Gasteiger partial charge in [0.25, 0.3) is 0 Å². The van der Waals surface area contributed by atoms with Gasteiger partial charge in [-0.3, -0.25) is 0 Å². The zero-order valence-electron chi connectivity index (χ0n) is 9.94. The van der Waals surface area contributed by atoms with Crippen LogP contribution in [0.1, 0.15) is 5.56 Å². The van der Waals surface area contributed by atoms with E-state index in [1.807, 2.05) is 0 Å². The lowest BCUT2D eigenvalue weighted by molar-refractivity contribution is -0.274. The van der Waals surface area contributed by atoms with E-state index in [1.54, 1.807) is 0 Å². The Balaban J connectivity index is 2.08. The molecule has 2 rings (SSSR count). The molecule has 7 heteroatoms. The second-order valence-electron chi connectivity index (χ2n) is 4.13. The third kappa shape index (κ3) is 3.37. The molecule has 0 atom stereocenters. The third-order valence-electron chi connectivity index (χ3n) is 2.75. The number of aliphatic hydroxyl groups excluding tert-OH is 1. The Morgan fingerprint density at radius 1 is 1.21 bits per heavy atom. The van der Waals surface area contributed by atoms with Gasteiger partial charge in [0.2, 0.25) is 0 Å². The quantitative estimate of drug-likeness (QED) is 0.892. The van der Waals surface area contributed by atoms with Crippen molar-refractivity contribution in [3.05, 3.63) is 29.8 Å². The summed E-state index contributed by atoms with van der Waals surface area (Å²) in [6.07, 6.45) is -4.70. The van der Waals surface area contributed by atoms with Crippen LogP contribution >= 0.6 is 0 Å². The van der Waals surface area contributed by atoms with Crippen LogP contribution in [-0.4, -0.2) is 37.9 Å². The number of aliphatic hydroxyl groups is 1. The minimum Gasteiger partial charge on any atom is -0.406 e. The highest BCUT2D eigenvalue weighted by Gasteiger charge is 2.41. The maximum atomic E-state index is 12.0. The molecule has 1 aliphatic heterocycles. The maximum Gasteiger partial charge on any atom is 0.573 e. The summed E-state index contributed by atoms with van der Waals surface area (Å²) in [5.41, 5.74) is 0.0150. The smallest absolute Gasteiger partial charge is 0.406 e. The lowest BCUT2D eigenvalue weighted by Gasteiger charge is -2.41. The molecule has 1 fully saturated rings. The Labute approximate surface area is 107 Å². The van der Waals surface area contributed by atoms with Gasteiger partial charge in [-0.1, -0.05) is 12.1 Å². The molecule has 0 bridgehead atoms. The van der Waals surface area contributed by atoms with Crippen molar-refractivity contribution in [1.82, 2.24) is 0 Å². The lowest BCUT2D eigenvalue weighted by Crippen LogP contribution is -2.49. The van der Waals surface area contributed by atoms with Crippen LogP contribution in [0.25, 0.3) is 0 Å². The molecule has 0 aromatic heterocycles. The summed E-state index contributed by atoms with van der Waals surface area (Å²) in [4.78, 5) is 0. The first kappa shape index (κ1) is 14.1. The molecule has 0 spiro atoms. The monoisotopic (exact) mass is 278 g/mol. The number of benzene rings is 1. The van der Waals surface area contributed by atoms with Gasteiger partial charge in [0.15, 0.2) is 0 Å². The number of ether oxygens (including phenoxy) is 3. The first-order valence-corrected chi connectivity index (χ1v) is 5.64. The van der Waals surface area contributed by atoms with Crippen LogP contribution in [0.5, 0.6) is 5.75 Å². The van der Waals surface area contributed by atoms with Crippen molar-refractivity contribution in [2.75, 3.05) is 26.4 Å². The summed E-state index contributed by atoms with van der Waals surface area (Å²) in [6, 6.07) is 5.46. The SMILES string of the molecule is OCCOC1(c2ccc(OC(F)(F)F)cc2)COC1. The molecule has 19 heavy (non-hydrogen) atoms. The number of hydrogen-bond donors (Lipinski definition) is 1. The molecule has 4 nitrogen and oxygen atoms in total. The Bertz CT molecular complexity index is 412. The summed E-state index contributed by atoms with van der Waals surface area (Å²) in [7, 11) is 0. The number of rotatable bonds is 5. The molecule has 1 aromatic carbocycles. The zero-order chi connectivity index (χ0) is 13.9. The highest BCUT2D eigenvalue weighted by atomic mass is 19.4. The number of alkyl halides is 3. The molecule has 0 aliphatic carbocycles. The van der Waals surface area contributed by atoms with Gasteiger partial charge in [-0.25, -0.2) is 0 Å². The van der Waals surface area contributed by atoms with Gasteiger partial charge >= 0.3 is 6.36 Å². The predicted molar refractivity (Wildman–Crippen MR) is 58.7 cm³/mol. The maximum absolute atomic E-state index is 12.0. The van der Waals surface area contributed by atoms with Crippen LogP contribution < -0.4 is 4.74 Å². The van der Waals surface area contributed by atoms with Crippen molar-refractivity contribution in [1.29, 1.82) is 0 Å². The van der Waals surface area contributed by atoms with Crippen LogP contribution in [0.3, 0.4) is 0 Å². The molecule has 106 valence electrons. The van der Waals surface area contributed by atoms with E-state index >= 15 is 0 Å². The molecule has 0 amide bonds. The Morgan fingerprint density at radius 2 is 1.84 bits per heavy atom. The average molecular weight is 278 g/mol. The molecular weight excluding hydrogens is 265 g/mol. The average Bonchev–Trinajstić information content (AvgIpc) is 2.28. The van der Waals surface area contributed by atoms with E-state index in [2.05, 4.69) is 4.74 Å². The Morgan fingerprint density at radius 3 is 2.26 bits per heavy atom. The van der Waals surface area contributed by atoms with Crippen molar-refractivity contribution >= 4 is 0 Å². The minimum atomic E-state index is -4.70. The van der Waals surface area contributed by atoms with E-state index in [-0.39, 0.29) is 19.0 Å². The van der Waals surface area contributed by atoms with Crippen molar-refractivity contribution in [2.24, 2.45) is 0 Å². The van der Waals surface area contributed by atoms with Crippen molar-refractivity contribution in [3.63, 3.8) is 0 Å². The summed E-state index contributed by atoms with van der Waals surface area (Å²) in [6.45, 7) is 0.639. The zero-order valence-corrected chi connectivity index (χ0v) is 9.94. The van der Waals surface area contributed by atoms with Gasteiger partial charge in [-0.15, -0.1) is 13.2 Å². The van der Waals surface area contributed by atoms with Crippen molar-refractivity contribution in [2.45, 2.75) is 12.0 Å². The highest BCUT2D eigenvalue weighted by molar-refractivity contribution is 5.32. The molecule has 0 radical (unpaired) electrons. The third-order valence-corrected chi connectivity index (χ3v) is 2.75. The minimum absolute atomic E-state index is 0.128. The highest BCUT2D eigenvalue weighted by Crippen LogP contribution is 2.35. The van der Waals surface area contributed by atoms with E-state index in [4.69, 9.17) is 14.6 Å². The Hall–Kier alpha value is -1.31. The van der Waals surface area contributed by atoms with Crippen LogP contribution in [0.4, 0.5) is 13.2 Å². The molecule has 0 unspecified atom stereocenters. The first-order chi connectivity index (χ1) is 8.95. The molecular formula is C12H13F3O4. The molecule has 1 N–H and O–H groups in total. The van der Waals surface area contributed by atoms with Gasteiger partial charge in [-0.05, 0) is 17.7 Å². The van der Waals surface area contributed by atoms with E-state index < -0.39 is 12.0 Å². The molecule has 1 aliphatic rings. The van der Waals surface area contributed by atoms with E-state index in [0.717, 1.165) is 0 Å². The summed E-state index contributed by atoms with van der Waals surface area (Å²) in [5, 5.41) is 8.76. The topological polar surface area (TPSA) is 47.9 Å². The second-order valence-corrected chi connectivity index (χ2v) is 4.13. The summed E-state index contributed by atoms with van der Waals surface area (Å²) in [5.74, 6) is -0.284. The summed E-state index contributed by atoms with van der Waals surface area (Å²) < 4.78 is 50.5. The fourth-order valence-corrected chi connectivity index (χ4v) is 1.82. The molecule has 1 saturated heterocycles. The van der Waals surface area contributed by atoms with Crippen LogP contribution in [-0.2, 0) is 15.1 Å². The molecule has 1 aromatic rings. The fourth-order valence-electron chi connectivity index (χ4n) is 1.82. The van der Waals surface area contributed by atoms with Gasteiger partial charge in [0.1, 0.15) is 11.4 Å². The first-order valence-electron chi connectivity index (χ1n) is 5.64. The van der Waals surface area contributed by atoms with Gasteiger partial charge in [0, 0.05) is 0 Å². The van der Waals surface area contributed by atoms with Gasteiger partial charge < -0.3 is 19.3 Å². The molecule has 1 heterocycles. The predicted octanol–water partition coefficient (Wildman–Crippen LogP) is 1.82. The van der Waals surface area contributed by atoms with E-state index in [1.165, 1.54) is 24.3 Å². The summed E-state index contributed by atoms with van der Waals surface area (Å²) >= 11 is 0. The van der Waals surface area contributed by atoms with E-state index in [9.17, 15) is 13.2 Å². The second kappa shape index (κ2) is 5.36. The van der Waals surface area contributed by atoms with Crippen molar-refractivity contribution < 1.29 is 32.5 Å². The standard InChI is InChI=1S/C12H13F3O4/c13-12(14,15)19-10-3-1-9(2-4-10)11(7-17-8-11)18-6-5-16/h1-4,16H,5-8H2. The normalized spacial score (nSPS) is 17.9. The fraction of sp³-hybridized carbons (Fsp3) is 0.500. The van der Waals surface area contributed by atoms with Gasteiger partial charge in [-0.2, -0.15) is 0 Å². The Kier molecular flexibility index (Phi) is 3.98. The number of hydrogen-bond acceptors (Lipinski definition) is 4. The molecule has 0 saturated carbocycles. The van der Waals surface area contributed by atoms with Crippen LogP contribution in [0, 0.1) is 0 Å². The largest absolute Gasteiger partial charge is 0.573 e. The van der Waals surface area contributed by atoms with Crippen LogP contribution in [0.15, 0.2) is 24.3 Å². The van der Waals surface area contributed by atoms with E-state index in [0.29, 0.717) is 18.8 Å². The van der Waals surface area contributed by atoms with Crippen molar-refractivity contribution in [3.8, 4) is 5.75 Å². The number of halogens is 3.